The van der Waals surface area contributed by atoms with Crippen molar-refractivity contribution in [1.29, 1.82) is 0 Å². The first-order valence-corrected chi connectivity index (χ1v) is 6.11. The van der Waals surface area contributed by atoms with Gasteiger partial charge in [0, 0.05) is 6.54 Å². The quantitative estimate of drug-likeness (QED) is 0.466. The van der Waals surface area contributed by atoms with Crippen LogP contribution in [0.25, 0.3) is 0 Å². The van der Waals surface area contributed by atoms with Crippen LogP contribution >= 0.6 is 0 Å². The lowest BCUT2D eigenvalue weighted by atomic mass is 10.1. The largest absolute Gasteiger partial charge is 0.468 e. The normalized spacial score (nSPS) is 14.9. The lowest BCUT2D eigenvalue weighted by Crippen LogP contribution is -2.40. The molecule has 21 heavy (non-hydrogen) atoms. The van der Waals surface area contributed by atoms with E-state index in [0.717, 1.165) is 20.1 Å². The fourth-order valence-electron chi connectivity index (χ4n) is 2.15. The molecule has 0 aromatic heterocycles. The molecule has 1 aliphatic rings. The predicted octanol–water partition coefficient (Wildman–Crippen LogP) is 0.800. The van der Waals surface area contributed by atoms with Crippen molar-refractivity contribution in [2.45, 2.75) is 6.92 Å². The van der Waals surface area contributed by atoms with Crippen LogP contribution in [0.2, 0.25) is 0 Å². The fraction of sp³-hybridized carbons (Fsp3) is 0.286. The van der Waals surface area contributed by atoms with Gasteiger partial charge in [0.15, 0.2) is 0 Å². The molecule has 0 bridgehead atoms. The molecular formula is C14H12FNO5. The second-order valence-corrected chi connectivity index (χ2v) is 4.57. The van der Waals surface area contributed by atoms with E-state index in [1.54, 1.807) is 0 Å². The van der Waals surface area contributed by atoms with Gasteiger partial charge in [-0.3, -0.25) is 24.1 Å². The number of hydrogen-bond acceptors (Lipinski definition) is 5. The van der Waals surface area contributed by atoms with Gasteiger partial charge in [0.1, 0.15) is 17.5 Å². The summed E-state index contributed by atoms with van der Waals surface area (Å²) in [5, 5.41) is 0. The number of benzene rings is 1. The van der Waals surface area contributed by atoms with Crippen LogP contribution in [0.1, 0.15) is 27.6 Å². The third-order valence-electron chi connectivity index (χ3n) is 3.29. The number of halogens is 1. The summed E-state index contributed by atoms with van der Waals surface area (Å²) in [5.74, 6) is -5.07. The molecule has 0 N–H and O–H groups in total. The van der Waals surface area contributed by atoms with Crippen molar-refractivity contribution >= 4 is 23.6 Å². The van der Waals surface area contributed by atoms with Crippen molar-refractivity contribution < 1.29 is 28.3 Å². The van der Waals surface area contributed by atoms with Crippen molar-refractivity contribution in [3.05, 3.63) is 35.1 Å². The lowest BCUT2D eigenvalue weighted by molar-refractivity contribution is -0.149. The van der Waals surface area contributed by atoms with Crippen LogP contribution in [-0.4, -0.2) is 42.1 Å². The molecule has 1 atom stereocenters. The number of methoxy groups -OCH3 is 1. The van der Waals surface area contributed by atoms with Crippen molar-refractivity contribution in [3.63, 3.8) is 0 Å². The van der Waals surface area contributed by atoms with Gasteiger partial charge < -0.3 is 4.74 Å². The molecule has 1 aromatic carbocycles. The highest BCUT2D eigenvalue weighted by atomic mass is 19.1. The second-order valence-electron chi connectivity index (χ2n) is 4.57. The van der Waals surface area contributed by atoms with Gasteiger partial charge in [-0.2, -0.15) is 0 Å². The van der Waals surface area contributed by atoms with Gasteiger partial charge >= 0.3 is 5.97 Å². The summed E-state index contributed by atoms with van der Waals surface area (Å²) >= 11 is 0. The van der Waals surface area contributed by atoms with Crippen LogP contribution < -0.4 is 0 Å². The fourth-order valence-corrected chi connectivity index (χ4v) is 2.15. The molecule has 2 rings (SSSR count). The first-order valence-electron chi connectivity index (χ1n) is 6.11. The zero-order valence-electron chi connectivity index (χ0n) is 11.4. The summed E-state index contributed by atoms with van der Waals surface area (Å²) < 4.78 is 18.1. The van der Waals surface area contributed by atoms with Gasteiger partial charge in [0.05, 0.1) is 18.2 Å². The number of hydrogen-bond donors (Lipinski definition) is 0. The number of fused-ring (bicyclic) bond motifs is 1. The van der Waals surface area contributed by atoms with Crippen LogP contribution in [0, 0.1) is 11.7 Å². The molecule has 0 radical (unpaired) electrons. The molecule has 110 valence electrons. The maximum atomic E-state index is 13.7. The van der Waals surface area contributed by atoms with Crippen LogP contribution in [0.3, 0.4) is 0 Å². The Bertz CT molecular complexity index is 655. The Morgan fingerprint density at radius 3 is 2.48 bits per heavy atom. The zero-order valence-corrected chi connectivity index (χ0v) is 11.4. The van der Waals surface area contributed by atoms with Crippen molar-refractivity contribution in [1.82, 2.24) is 4.90 Å². The highest BCUT2D eigenvalue weighted by molar-refractivity contribution is 6.21. The molecule has 2 amide bonds. The smallest absolute Gasteiger partial charge is 0.318 e. The minimum atomic E-state index is -1.28. The number of esters is 1. The summed E-state index contributed by atoms with van der Waals surface area (Å²) in [5.41, 5.74) is -0.415. The van der Waals surface area contributed by atoms with E-state index in [1.165, 1.54) is 12.1 Å². The topological polar surface area (TPSA) is 80.8 Å². The first-order chi connectivity index (χ1) is 9.88. The summed E-state index contributed by atoms with van der Waals surface area (Å²) in [4.78, 5) is 47.9. The average Bonchev–Trinajstić information content (AvgIpc) is 2.68. The summed E-state index contributed by atoms with van der Waals surface area (Å²) in [7, 11) is 1.10. The number of rotatable bonds is 4. The first kappa shape index (κ1) is 14.8. The Kier molecular flexibility index (Phi) is 3.84. The number of carbonyl (C=O) groups excluding carboxylic acids is 4. The molecule has 1 aromatic rings. The van der Waals surface area contributed by atoms with Gasteiger partial charge in [0.2, 0.25) is 0 Å². The molecule has 1 heterocycles. The molecule has 0 saturated carbocycles. The van der Waals surface area contributed by atoms with Gasteiger partial charge in [0.25, 0.3) is 11.8 Å². The molecule has 0 spiro atoms. The third-order valence-corrected chi connectivity index (χ3v) is 3.29. The van der Waals surface area contributed by atoms with Crippen LogP contribution in [0.15, 0.2) is 18.2 Å². The maximum Gasteiger partial charge on any atom is 0.318 e. The van der Waals surface area contributed by atoms with E-state index < -0.39 is 41.8 Å². The van der Waals surface area contributed by atoms with Crippen molar-refractivity contribution in [2.24, 2.45) is 5.92 Å². The standard InChI is InChI=1S/C14H12FNO5/c1-7(17)9(14(20)21-2)6-16-12(18)8-4-3-5-10(15)11(8)13(16)19/h3-5,9H,6H2,1-2H3. The Balaban J connectivity index is 2.34. The maximum absolute atomic E-state index is 13.7. The average molecular weight is 293 g/mol. The molecule has 1 aliphatic heterocycles. The number of ether oxygens (including phenoxy) is 1. The van der Waals surface area contributed by atoms with E-state index in [-0.39, 0.29) is 11.1 Å². The number of Topliss-reactive ketones (excluding diaryl/α,β-unsaturated/α-hetero) is 1. The third kappa shape index (κ3) is 2.42. The molecular weight excluding hydrogens is 281 g/mol. The molecule has 0 saturated heterocycles. The van der Waals surface area contributed by atoms with Gasteiger partial charge in [-0.05, 0) is 19.1 Å². The molecule has 6 nitrogen and oxygen atoms in total. The number of nitrogens with zero attached hydrogens (tertiary/aromatic N) is 1. The van der Waals surface area contributed by atoms with Gasteiger partial charge in [-0.15, -0.1) is 0 Å². The second kappa shape index (κ2) is 5.43. The lowest BCUT2D eigenvalue weighted by Gasteiger charge is -2.18. The van der Waals surface area contributed by atoms with E-state index in [2.05, 4.69) is 4.74 Å². The number of imide groups is 1. The van der Waals surface area contributed by atoms with Crippen molar-refractivity contribution in [3.8, 4) is 0 Å². The van der Waals surface area contributed by atoms with E-state index in [1.807, 2.05) is 0 Å². The Hall–Kier alpha value is -2.57. The van der Waals surface area contributed by atoms with Crippen LogP contribution in [0.5, 0.6) is 0 Å². The highest BCUT2D eigenvalue weighted by Crippen LogP contribution is 2.26. The van der Waals surface area contributed by atoms with Crippen molar-refractivity contribution in [2.75, 3.05) is 13.7 Å². The minimum Gasteiger partial charge on any atom is -0.468 e. The number of carbonyl (C=O) groups is 4. The number of ketones is 1. The van der Waals surface area contributed by atoms with Gasteiger partial charge in [-0.1, -0.05) is 6.07 Å². The van der Waals surface area contributed by atoms with Crippen LogP contribution in [0.4, 0.5) is 4.39 Å². The monoisotopic (exact) mass is 293 g/mol. The van der Waals surface area contributed by atoms with Crippen LogP contribution in [-0.2, 0) is 14.3 Å². The Morgan fingerprint density at radius 2 is 1.95 bits per heavy atom. The SMILES string of the molecule is COC(=O)C(CN1C(=O)c2cccc(F)c2C1=O)C(C)=O. The van der Waals surface area contributed by atoms with E-state index in [4.69, 9.17) is 0 Å². The molecule has 0 aliphatic carbocycles. The highest BCUT2D eigenvalue weighted by Gasteiger charge is 2.41. The Labute approximate surface area is 119 Å². The van der Waals surface area contributed by atoms with E-state index in [0.29, 0.717) is 4.90 Å². The Morgan fingerprint density at radius 1 is 1.29 bits per heavy atom. The molecule has 7 heteroatoms. The minimum absolute atomic E-state index is 0.0767. The van der Waals surface area contributed by atoms with Gasteiger partial charge in [-0.25, -0.2) is 4.39 Å². The predicted molar refractivity (Wildman–Crippen MR) is 68.0 cm³/mol. The van der Waals surface area contributed by atoms with E-state index in [9.17, 15) is 23.6 Å². The summed E-state index contributed by atoms with van der Waals surface area (Å²) in [6.07, 6.45) is 0. The molecule has 1 unspecified atom stereocenters. The zero-order chi connectivity index (χ0) is 15.7. The van der Waals surface area contributed by atoms with E-state index >= 15 is 0 Å². The number of amides is 2. The molecule has 0 fully saturated rings. The summed E-state index contributed by atoms with van der Waals surface area (Å²) in [6, 6.07) is 3.70. The summed E-state index contributed by atoms with van der Waals surface area (Å²) in [6.45, 7) is 0.689.